The molecule has 2 aromatic carbocycles. The Morgan fingerprint density at radius 2 is 1.73 bits per heavy atom. The van der Waals surface area contributed by atoms with Crippen LogP contribution in [-0.4, -0.2) is 24.0 Å². The van der Waals surface area contributed by atoms with Gasteiger partial charge in [0.25, 0.3) is 0 Å². The molecule has 0 unspecified atom stereocenters. The molecule has 0 spiro atoms. The van der Waals surface area contributed by atoms with Gasteiger partial charge >= 0.3 is 6.18 Å². The normalized spacial score (nSPS) is 14.6. The molecule has 1 aromatic heterocycles. The fraction of sp³-hybridized carbons (Fsp3) is 0.217. The van der Waals surface area contributed by atoms with Crippen molar-refractivity contribution in [3.63, 3.8) is 0 Å². The van der Waals surface area contributed by atoms with Crippen LogP contribution in [0.3, 0.4) is 0 Å². The van der Waals surface area contributed by atoms with Gasteiger partial charge in [0.2, 0.25) is 5.91 Å². The highest BCUT2D eigenvalue weighted by atomic mass is 19.4. The van der Waals surface area contributed by atoms with Crippen molar-refractivity contribution in [2.45, 2.75) is 19.0 Å². The lowest BCUT2D eigenvalue weighted by molar-refractivity contribution is -0.137. The number of anilines is 2. The largest absolute Gasteiger partial charge is 0.416 e. The third kappa shape index (κ3) is 4.62. The van der Waals surface area contributed by atoms with E-state index >= 15 is 0 Å². The highest BCUT2D eigenvalue weighted by Gasteiger charge is 2.29. The van der Waals surface area contributed by atoms with Crippen molar-refractivity contribution in [1.29, 1.82) is 0 Å². The Bertz CT molecular complexity index is 1090. The lowest BCUT2D eigenvalue weighted by Crippen LogP contribution is -2.18. The fourth-order valence-corrected chi connectivity index (χ4v) is 3.45. The van der Waals surface area contributed by atoms with Gasteiger partial charge in [0.1, 0.15) is 5.82 Å². The molecule has 30 heavy (non-hydrogen) atoms. The monoisotopic (exact) mass is 411 g/mol. The zero-order chi connectivity index (χ0) is 21.1. The molecule has 0 radical (unpaired) electrons. The van der Waals surface area contributed by atoms with E-state index in [0.717, 1.165) is 41.9 Å². The number of hydrogen-bond donors (Lipinski definition) is 1. The van der Waals surface area contributed by atoms with Gasteiger partial charge < -0.3 is 10.2 Å². The van der Waals surface area contributed by atoms with E-state index in [1.165, 1.54) is 37.1 Å². The average Bonchev–Trinajstić information content (AvgIpc) is 3.26. The van der Waals surface area contributed by atoms with Gasteiger partial charge in [-0.1, -0.05) is 12.1 Å². The van der Waals surface area contributed by atoms with Crippen molar-refractivity contribution >= 4 is 34.4 Å². The van der Waals surface area contributed by atoms with E-state index in [4.69, 9.17) is 4.98 Å². The summed E-state index contributed by atoms with van der Waals surface area (Å²) in [7, 11) is 0. The fourth-order valence-electron chi connectivity index (χ4n) is 3.45. The summed E-state index contributed by atoms with van der Waals surface area (Å²) in [4.78, 5) is 19.1. The summed E-state index contributed by atoms with van der Waals surface area (Å²) in [5, 5.41) is 3.68. The predicted molar refractivity (Wildman–Crippen MR) is 112 cm³/mol. The molecule has 2 heterocycles. The van der Waals surface area contributed by atoms with Crippen molar-refractivity contribution in [1.82, 2.24) is 4.98 Å². The number of halogens is 3. The Hall–Kier alpha value is -3.35. The number of amides is 1. The molecule has 0 bridgehead atoms. The number of pyridine rings is 1. The van der Waals surface area contributed by atoms with Gasteiger partial charge in [0.05, 0.1) is 11.1 Å². The molecule has 3 aromatic rings. The molecule has 1 amide bonds. The zero-order valence-electron chi connectivity index (χ0n) is 16.1. The SMILES string of the molecule is O=C(C=Cc1ccc(C(F)(F)F)cc1)Nc1ccc2nc(N3CCCC3)ccc2c1. The van der Waals surface area contributed by atoms with Gasteiger partial charge in [-0.05, 0) is 66.9 Å². The third-order valence-electron chi connectivity index (χ3n) is 5.04. The number of nitrogens with one attached hydrogen (secondary N) is 1. The van der Waals surface area contributed by atoms with Gasteiger partial charge in [-0.2, -0.15) is 13.2 Å². The molecule has 0 saturated carbocycles. The van der Waals surface area contributed by atoms with Gasteiger partial charge in [-0.3, -0.25) is 4.79 Å². The number of fused-ring (bicyclic) bond motifs is 1. The summed E-state index contributed by atoms with van der Waals surface area (Å²) in [5.74, 6) is 0.604. The van der Waals surface area contributed by atoms with Crippen LogP contribution in [0.5, 0.6) is 0 Å². The second-order valence-corrected chi connectivity index (χ2v) is 7.21. The molecule has 4 nitrogen and oxygen atoms in total. The van der Waals surface area contributed by atoms with Gasteiger partial charge in [-0.15, -0.1) is 0 Å². The van der Waals surface area contributed by atoms with E-state index in [9.17, 15) is 18.0 Å². The average molecular weight is 411 g/mol. The molecule has 0 atom stereocenters. The lowest BCUT2D eigenvalue weighted by atomic mass is 10.1. The Kier molecular flexibility index (Phi) is 5.44. The molecular formula is C23H20F3N3O. The van der Waals surface area contributed by atoms with Crippen molar-refractivity contribution in [2.24, 2.45) is 0 Å². The Morgan fingerprint density at radius 3 is 2.43 bits per heavy atom. The number of hydrogen-bond acceptors (Lipinski definition) is 3. The summed E-state index contributed by atoms with van der Waals surface area (Å²) >= 11 is 0. The first kappa shape index (κ1) is 19.9. The van der Waals surface area contributed by atoms with E-state index in [0.29, 0.717) is 11.3 Å². The summed E-state index contributed by atoms with van der Waals surface area (Å²) in [6, 6.07) is 14.1. The molecule has 0 aliphatic carbocycles. The van der Waals surface area contributed by atoms with Gasteiger partial charge in [0, 0.05) is 30.2 Å². The van der Waals surface area contributed by atoms with Crippen LogP contribution in [-0.2, 0) is 11.0 Å². The van der Waals surface area contributed by atoms with Gasteiger partial charge in [0.15, 0.2) is 0 Å². The zero-order valence-corrected chi connectivity index (χ0v) is 16.1. The van der Waals surface area contributed by atoms with Crippen molar-refractivity contribution in [2.75, 3.05) is 23.3 Å². The Labute approximate surface area is 172 Å². The van der Waals surface area contributed by atoms with E-state index < -0.39 is 11.7 Å². The number of carbonyl (C=O) groups is 1. The van der Waals surface area contributed by atoms with Crippen LogP contribution in [0, 0.1) is 0 Å². The molecule has 1 aliphatic heterocycles. The molecule has 154 valence electrons. The van der Waals surface area contributed by atoms with Crippen LogP contribution in [0.1, 0.15) is 24.0 Å². The van der Waals surface area contributed by atoms with Crippen LogP contribution in [0.25, 0.3) is 17.0 Å². The topological polar surface area (TPSA) is 45.2 Å². The van der Waals surface area contributed by atoms with Crippen molar-refractivity contribution < 1.29 is 18.0 Å². The van der Waals surface area contributed by atoms with E-state index in [2.05, 4.69) is 10.2 Å². The number of nitrogens with zero attached hydrogens (tertiary/aromatic N) is 2. The second-order valence-electron chi connectivity index (χ2n) is 7.21. The number of alkyl halides is 3. The van der Waals surface area contributed by atoms with E-state index in [-0.39, 0.29) is 5.91 Å². The van der Waals surface area contributed by atoms with E-state index in [1.54, 1.807) is 6.07 Å². The molecular weight excluding hydrogens is 391 g/mol. The minimum atomic E-state index is -4.38. The Morgan fingerprint density at radius 1 is 1.00 bits per heavy atom. The predicted octanol–water partition coefficient (Wildman–Crippen LogP) is 5.51. The molecule has 1 fully saturated rings. The number of aromatic nitrogens is 1. The first-order chi connectivity index (χ1) is 14.4. The maximum absolute atomic E-state index is 12.6. The van der Waals surface area contributed by atoms with Crippen LogP contribution >= 0.6 is 0 Å². The highest BCUT2D eigenvalue weighted by Crippen LogP contribution is 2.29. The first-order valence-corrected chi connectivity index (χ1v) is 9.71. The molecule has 1 aliphatic rings. The van der Waals surface area contributed by atoms with Crippen LogP contribution in [0.15, 0.2) is 60.7 Å². The Balaban J connectivity index is 1.42. The molecule has 4 rings (SSSR count). The first-order valence-electron chi connectivity index (χ1n) is 9.71. The number of benzene rings is 2. The lowest BCUT2D eigenvalue weighted by Gasteiger charge is -2.16. The summed E-state index contributed by atoms with van der Waals surface area (Å²) in [5.41, 5.74) is 1.27. The van der Waals surface area contributed by atoms with Crippen LogP contribution in [0.2, 0.25) is 0 Å². The van der Waals surface area contributed by atoms with Crippen molar-refractivity contribution in [3.8, 4) is 0 Å². The molecule has 1 saturated heterocycles. The highest BCUT2D eigenvalue weighted by molar-refractivity contribution is 6.03. The number of carbonyl (C=O) groups excluding carboxylic acids is 1. The minimum absolute atomic E-state index is 0.365. The smallest absolute Gasteiger partial charge is 0.357 e. The minimum Gasteiger partial charge on any atom is -0.357 e. The number of rotatable bonds is 4. The van der Waals surface area contributed by atoms with Crippen LogP contribution in [0.4, 0.5) is 24.7 Å². The quantitative estimate of drug-likeness (QED) is 0.576. The standard InChI is InChI=1S/C23H20F3N3O/c24-23(25,26)18-7-3-16(4-8-18)5-12-22(30)27-19-9-10-20-17(15-19)6-11-21(28-20)29-13-1-2-14-29/h3-12,15H,1-2,13-14H2,(H,27,30). The molecule has 1 N–H and O–H groups in total. The third-order valence-corrected chi connectivity index (χ3v) is 5.04. The maximum Gasteiger partial charge on any atom is 0.416 e. The van der Waals surface area contributed by atoms with Gasteiger partial charge in [-0.25, -0.2) is 4.98 Å². The summed E-state index contributed by atoms with van der Waals surface area (Å²) < 4.78 is 37.8. The van der Waals surface area contributed by atoms with Crippen LogP contribution < -0.4 is 10.2 Å². The summed E-state index contributed by atoms with van der Waals surface area (Å²) in [6.07, 6.45) is 0.761. The van der Waals surface area contributed by atoms with Crippen molar-refractivity contribution in [3.05, 3.63) is 71.8 Å². The molecule has 7 heteroatoms. The van der Waals surface area contributed by atoms with E-state index in [1.807, 2.05) is 24.3 Å². The maximum atomic E-state index is 12.6. The second kappa shape index (κ2) is 8.18. The summed E-state index contributed by atoms with van der Waals surface area (Å²) in [6.45, 7) is 2.05.